The molecule has 1 aromatic heterocycles. The molecule has 0 radical (unpaired) electrons. The molecule has 0 aliphatic carbocycles. The van der Waals surface area contributed by atoms with Crippen molar-refractivity contribution in [3.05, 3.63) is 30.0 Å². The molecule has 2 unspecified atom stereocenters. The topological polar surface area (TPSA) is 29.9 Å². The Labute approximate surface area is 118 Å². The zero-order valence-electron chi connectivity index (χ0n) is 11.6. The number of likely N-dealkylation sites (N-methyl/N-ethyl adjacent to an activating group) is 1. The van der Waals surface area contributed by atoms with Gasteiger partial charge < -0.3 is 5.32 Å². The highest BCUT2D eigenvalue weighted by Gasteiger charge is 2.25. The van der Waals surface area contributed by atoms with Crippen LogP contribution in [0.25, 0.3) is 10.9 Å². The lowest BCUT2D eigenvalue weighted by atomic mass is 9.94. The summed E-state index contributed by atoms with van der Waals surface area (Å²) in [4.78, 5) is 0. The van der Waals surface area contributed by atoms with Gasteiger partial charge in [0.05, 0.1) is 11.2 Å². The van der Waals surface area contributed by atoms with Crippen LogP contribution in [0.1, 0.15) is 12.1 Å². The molecule has 102 valence electrons. The first kappa shape index (κ1) is 13.0. The van der Waals surface area contributed by atoms with E-state index in [1.165, 1.54) is 34.5 Å². The molecule has 1 aliphatic rings. The molecule has 2 aromatic rings. The van der Waals surface area contributed by atoms with Crippen molar-refractivity contribution in [2.75, 3.05) is 18.6 Å². The molecule has 2 heterocycles. The summed E-state index contributed by atoms with van der Waals surface area (Å²) in [5.41, 5.74) is 2.46. The number of aryl methyl sites for hydroxylation is 1. The predicted octanol–water partition coefficient (Wildman–Crippen LogP) is 2.46. The monoisotopic (exact) mass is 275 g/mol. The summed E-state index contributed by atoms with van der Waals surface area (Å²) in [5.74, 6) is 3.39. The van der Waals surface area contributed by atoms with Gasteiger partial charge in [-0.15, -0.1) is 0 Å². The molecular weight excluding hydrogens is 254 g/mol. The molecule has 3 rings (SSSR count). The minimum absolute atomic E-state index is 0.549. The molecule has 0 saturated carbocycles. The number of hydrogen-bond acceptors (Lipinski definition) is 3. The third-order valence-corrected chi connectivity index (χ3v) is 5.34. The molecule has 19 heavy (non-hydrogen) atoms. The van der Waals surface area contributed by atoms with Crippen molar-refractivity contribution < 1.29 is 0 Å². The van der Waals surface area contributed by atoms with Crippen LogP contribution in [0.3, 0.4) is 0 Å². The van der Waals surface area contributed by atoms with Crippen LogP contribution in [0.15, 0.2) is 24.3 Å². The number of fused-ring (bicyclic) bond motifs is 1. The number of aromatic nitrogens is 2. The molecule has 0 amide bonds. The first-order valence-electron chi connectivity index (χ1n) is 6.95. The largest absolute Gasteiger partial charge is 0.316 e. The van der Waals surface area contributed by atoms with E-state index in [0.29, 0.717) is 6.04 Å². The molecule has 3 nitrogen and oxygen atoms in total. The lowest BCUT2D eigenvalue weighted by Gasteiger charge is -2.21. The second-order valence-corrected chi connectivity index (χ2v) is 6.46. The van der Waals surface area contributed by atoms with Gasteiger partial charge >= 0.3 is 0 Å². The highest BCUT2D eigenvalue weighted by atomic mass is 32.2. The number of hydrogen-bond donors (Lipinski definition) is 1. The first-order valence-corrected chi connectivity index (χ1v) is 8.10. The van der Waals surface area contributed by atoms with Crippen molar-refractivity contribution in [3.8, 4) is 0 Å². The van der Waals surface area contributed by atoms with Crippen LogP contribution >= 0.6 is 11.8 Å². The Morgan fingerprint density at radius 2 is 2.32 bits per heavy atom. The van der Waals surface area contributed by atoms with Gasteiger partial charge in [0, 0.05) is 24.9 Å². The summed E-state index contributed by atoms with van der Waals surface area (Å²) in [6, 6.07) is 9.07. The van der Waals surface area contributed by atoms with Crippen molar-refractivity contribution in [1.82, 2.24) is 15.1 Å². The van der Waals surface area contributed by atoms with E-state index in [4.69, 9.17) is 5.10 Å². The molecule has 0 bridgehead atoms. The third-order valence-electron chi connectivity index (χ3n) is 4.15. The van der Waals surface area contributed by atoms with Crippen molar-refractivity contribution in [2.24, 2.45) is 13.0 Å². The van der Waals surface area contributed by atoms with E-state index in [1.54, 1.807) is 0 Å². The van der Waals surface area contributed by atoms with Crippen LogP contribution in [-0.2, 0) is 13.5 Å². The fraction of sp³-hybridized carbons (Fsp3) is 0.533. The minimum Gasteiger partial charge on any atom is -0.316 e. The predicted molar refractivity (Wildman–Crippen MR) is 82.7 cm³/mol. The Bertz CT molecular complexity index is 558. The van der Waals surface area contributed by atoms with Gasteiger partial charge in [-0.25, -0.2) is 0 Å². The molecular formula is C15H21N3S. The number of thioether (sulfide) groups is 1. The maximum Gasteiger partial charge on any atom is 0.0718 e. The van der Waals surface area contributed by atoms with Crippen molar-refractivity contribution >= 4 is 22.7 Å². The van der Waals surface area contributed by atoms with Crippen LogP contribution in [0.4, 0.5) is 0 Å². The fourth-order valence-electron chi connectivity index (χ4n) is 3.02. The highest BCUT2D eigenvalue weighted by Crippen LogP contribution is 2.28. The van der Waals surface area contributed by atoms with Crippen molar-refractivity contribution in [1.29, 1.82) is 0 Å². The molecule has 2 atom stereocenters. The molecule has 1 aromatic carbocycles. The third kappa shape index (κ3) is 2.51. The van der Waals surface area contributed by atoms with E-state index in [0.717, 1.165) is 12.3 Å². The number of rotatable bonds is 4. The van der Waals surface area contributed by atoms with Crippen LogP contribution in [-0.4, -0.2) is 34.4 Å². The van der Waals surface area contributed by atoms with E-state index in [9.17, 15) is 0 Å². The van der Waals surface area contributed by atoms with Crippen molar-refractivity contribution in [3.63, 3.8) is 0 Å². The number of para-hydroxylation sites is 1. The van der Waals surface area contributed by atoms with E-state index < -0.39 is 0 Å². The van der Waals surface area contributed by atoms with Gasteiger partial charge in [-0.2, -0.15) is 16.9 Å². The fourth-order valence-corrected chi connectivity index (χ4v) is 4.36. The molecule has 1 N–H and O–H groups in total. The highest BCUT2D eigenvalue weighted by molar-refractivity contribution is 7.99. The summed E-state index contributed by atoms with van der Waals surface area (Å²) in [6.45, 7) is 0. The lowest BCUT2D eigenvalue weighted by molar-refractivity contribution is 0.401. The minimum atomic E-state index is 0.549. The SMILES string of the molecule is CNC(Cc1nn(C)c2ccccc12)C1CCSC1. The Hall–Kier alpha value is -1.00. The van der Waals surface area contributed by atoms with Gasteiger partial charge in [0.2, 0.25) is 0 Å². The molecule has 1 saturated heterocycles. The standard InChI is InChI=1S/C15H21N3S/c1-16-13(11-7-8-19-10-11)9-14-12-5-3-4-6-15(12)18(2)17-14/h3-6,11,13,16H,7-10H2,1-2H3. The number of nitrogens with zero attached hydrogens (tertiary/aromatic N) is 2. The Morgan fingerprint density at radius 3 is 3.05 bits per heavy atom. The van der Waals surface area contributed by atoms with Crippen LogP contribution in [0, 0.1) is 5.92 Å². The lowest BCUT2D eigenvalue weighted by Crippen LogP contribution is -2.35. The van der Waals surface area contributed by atoms with Gasteiger partial charge in [-0.1, -0.05) is 18.2 Å². The molecule has 4 heteroatoms. The average molecular weight is 275 g/mol. The average Bonchev–Trinajstić information content (AvgIpc) is 3.06. The maximum atomic E-state index is 4.72. The Balaban J connectivity index is 1.87. The summed E-state index contributed by atoms with van der Waals surface area (Å²) >= 11 is 2.08. The van der Waals surface area contributed by atoms with Gasteiger partial charge in [-0.05, 0) is 37.0 Å². The molecule has 0 spiro atoms. The van der Waals surface area contributed by atoms with Crippen LogP contribution < -0.4 is 5.32 Å². The van der Waals surface area contributed by atoms with Gasteiger partial charge in [-0.3, -0.25) is 4.68 Å². The molecule has 1 fully saturated rings. The maximum absolute atomic E-state index is 4.72. The smallest absolute Gasteiger partial charge is 0.0718 e. The summed E-state index contributed by atoms with van der Waals surface area (Å²) in [6.07, 6.45) is 2.37. The zero-order valence-corrected chi connectivity index (χ0v) is 12.4. The normalized spacial score (nSPS) is 21.1. The summed E-state index contributed by atoms with van der Waals surface area (Å²) in [7, 11) is 4.12. The zero-order chi connectivity index (χ0) is 13.2. The Morgan fingerprint density at radius 1 is 1.47 bits per heavy atom. The van der Waals surface area contributed by atoms with Gasteiger partial charge in [0.1, 0.15) is 0 Å². The van der Waals surface area contributed by atoms with Gasteiger partial charge in [0.15, 0.2) is 0 Å². The second kappa shape index (κ2) is 5.55. The summed E-state index contributed by atoms with van der Waals surface area (Å²) < 4.78 is 2.00. The quantitative estimate of drug-likeness (QED) is 0.929. The first-order chi connectivity index (χ1) is 9.29. The van der Waals surface area contributed by atoms with Gasteiger partial charge in [0.25, 0.3) is 0 Å². The summed E-state index contributed by atoms with van der Waals surface area (Å²) in [5, 5.41) is 9.52. The molecule has 1 aliphatic heterocycles. The van der Waals surface area contributed by atoms with E-state index in [2.05, 4.69) is 48.4 Å². The van der Waals surface area contributed by atoms with E-state index in [1.807, 2.05) is 11.7 Å². The number of benzene rings is 1. The van der Waals surface area contributed by atoms with E-state index >= 15 is 0 Å². The van der Waals surface area contributed by atoms with Crippen LogP contribution in [0.2, 0.25) is 0 Å². The second-order valence-electron chi connectivity index (χ2n) is 5.31. The Kier molecular flexibility index (Phi) is 3.80. The van der Waals surface area contributed by atoms with Crippen LogP contribution in [0.5, 0.6) is 0 Å². The van der Waals surface area contributed by atoms with Crippen molar-refractivity contribution in [2.45, 2.75) is 18.9 Å². The van der Waals surface area contributed by atoms with E-state index in [-0.39, 0.29) is 0 Å². The number of nitrogens with one attached hydrogen (secondary N) is 1.